The molecule has 33 heavy (non-hydrogen) atoms. The van der Waals surface area contributed by atoms with Crippen LogP contribution >= 0.6 is 0 Å². The van der Waals surface area contributed by atoms with Crippen LogP contribution in [-0.2, 0) is 22.4 Å². The van der Waals surface area contributed by atoms with E-state index < -0.39 is 0 Å². The Bertz CT molecular complexity index is 1040. The molecule has 0 radical (unpaired) electrons. The van der Waals surface area contributed by atoms with Gasteiger partial charge in [0.2, 0.25) is 5.95 Å². The van der Waals surface area contributed by atoms with Crippen LogP contribution in [-0.4, -0.2) is 59.0 Å². The lowest BCUT2D eigenvalue weighted by Gasteiger charge is -2.39. The molecule has 2 aromatic carbocycles. The molecule has 0 aliphatic carbocycles. The Kier molecular flexibility index (Phi) is 7.83. The van der Waals surface area contributed by atoms with Crippen LogP contribution in [0.4, 0.5) is 10.7 Å². The van der Waals surface area contributed by atoms with E-state index in [-0.39, 0.29) is 18.2 Å². The summed E-state index contributed by atoms with van der Waals surface area (Å²) in [6.45, 7) is 6.99. The normalized spacial score (nSPS) is 18.4. The zero-order chi connectivity index (χ0) is 23.0. The van der Waals surface area contributed by atoms with Crippen molar-refractivity contribution in [2.45, 2.75) is 51.7 Å². The molecule has 4 rings (SSSR count). The summed E-state index contributed by atoms with van der Waals surface area (Å²) in [6, 6.07) is 18.8. The average molecular weight is 451 g/mol. The maximum Gasteiger partial charge on any atom is 0.410 e. The number of benzene rings is 2. The van der Waals surface area contributed by atoms with Gasteiger partial charge in [-0.3, -0.25) is 0 Å². The van der Waals surface area contributed by atoms with Gasteiger partial charge in [0.1, 0.15) is 0 Å². The lowest BCUT2D eigenvalue weighted by molar-refractivity contribution is 0.0745. The second-order valence-electron chi connectivity index (χ2n) is 8.37. The van der Waals surface area contributed by atoms with E-state index in [0.29, 0.717) is 26.4 Å². The predicted octanol–water partition coefficient (Wildman–Crippen LogP) is 4.72. The highest BCUT2D eigenvalue weighted by molar-refractivity contribution is 5.78. The molecule has 0 bridgehead atoms. The lowest BCUT2D eigenvalue weighted by Crippen LogP contribution is -2.50. The Hall–Kier alpha value is -3.06. The molecule has 7 nitrogen and oxygen atoms in total. The number of imidazole rings is 1. The number of likely N-dealkylation sites (tertiary alicyclic amines) is 1. The fraction of sp³-hybridized carbons (Fsp3) is 0.462. The molecule has 176 valence electrons. The van der Waals surface area contributed by atoms with Gasteiger partial charge in [-0.05, 0) is 50.8 Å². The van der Waals surface area contributed by atoms with Gasteiger partial charge < -0.3 is 24.3 Å². The summed E-state index contributed by atoms with van der Waals surface area (Å²) in [7, 11) is 0. The number of para-hydroxylation sites is 2. The summed E-state index contributed by atoms with van der Waals surface area (Å²) >= 11 is 0. The molecule has 1 fully saturated rings. The number of hydrogen-bond acceptors (Lipinski definition) is 5. The number of anilines is 1. The van der Waals surface area contributed by atoms with Gasteiger partial charge in [0.15, 0.2) is 0 Å². The van der Waals surface area contributed by atoms with Gasteiger partial charge in [0, 0.05) is 31.8 Å². The van der Waals surface area contributed by atoms with E-state index >= 15 is 0 Å². The number of fused-ring (bicyclic) bond motifs is 1. The van der Waals surface area contributed by atoms with Crippen LogP contribution < -0.4 is 5.32 Å². The largest absolute Gasteiger partial charge is 0.450 e. The van der Waals surface area contributed by atoms with Gasteiger partial charge in [0.05, 0.1) is 24.2 Å². The molecule has 1 aliphatic rings. The molecule has 1 aromatic heterocycles. The van der Waals surface area contributed by atoms with Gasteiger partial charge >= 0.3 is 6.09 Å². The number of aromatic nitrogens is 2. The third kappa shape index (κ3) is 5.66. The summed E-state index contributed by atoms with van der Waals surface area (Å²) in [5.41, 5.74) is 3.30. The SMILES string of the molecule is CCOCCn1c(N[C@H]2CCN(C(=O)OCC)[C@@H](Cc3ccccc3)C2)nc2ccccc21. The molecular weight excluding hydrogens is 416 g/mol. The first-order valence-electron chi connectivity index (χ1n) is 12.0. The monoisotopic (exact) mass is 450 g/mol. The van der Waals surface area contributed by atoms with Crippen LogP contribution in [0.3, 0.4) is 0 Å². The van der Waals surface area contributed by atoms with Crippen LogP contribution in [0.2, 0.25) is 0 Å². The quantitative estimate of drug-likeness (QED) is 0.478. The highest BCUT2D eigenvalue weighted by atomic mass is 16.6. The van der Waals surface area contributed by atoms with E-state index in [1.165, 1.54) is 5.56 Å². The summed E-state index contributed by atoms with van der Waals surface area (Å²) in [4.78, 5) is 19.4. The van der Waals surface area contributed by atoms with Crippen molar-refractivity contribution in [1.29, 1.82) is 0 Å². The zero-order valence-electron chi connectivity index (χ0n) is 19.6. The average Bonchev–Trinajstić information content (AvgIpc) is 3.17. The van der Waals surface area contributed by atoms with Crippen molar-refractivity contribution in [2.24, 2.45) is 0 Å². The van der Waals surface area contributed by atoms with E-state index in [4.69, 9.17) is 14.5 Å². The Morgan fingerprint density at radius 1 is 1.09 bits per heavy atom. The van der Waals surface area contributed by atoms with E-state index in [1.807, 2.05) is 55.1 Å². The first kappa shape index (κ1) is 23.1. The standard InChI is InChI=1S/C26H34N4O3/c1-3-32-17-16-30-24-13-9-8-12-23(24)28-25(30)27-21-14-15-29(26(31)33-4-2)22(19-21)18-20-10-6-5-7-11-20/h5-13,21-22H,3-4,14-19H2,1-2H3,(H,27,28)/t21-,22-/m0/s1. The number of carbonyl (C=O) groups is 1. The third-order valence-corrected chi connectivity index (χ3v) is 6.18. The lowest BCUT2D eigenvalue weighted by atomic mass is 9.92. The number of ether oxygens (including phenoxy) is 2. The Morgan fingerprint density at radius 2 is 1.88 bits per heavy atom. The van der Waals surface area contributed by atoms with E-state index in [1.54, 1.807) is 0 Å². The minimum Gasteiger partial charge on any atom is -0.450 e. The molecule has 1 amide bonds. The van der Waals surface area contributed by atoms with Crippen LogP contribution in [0.25, 0.3) is 11.0 Å². The third-order valence-electron chi connectivity index (χ3n) is 6.18. The first-order chi connectivity index (χ1) is 16.2. The number of amides is 1. The molecule has 3 aromatic rings. The summed E-state index contributed by atoms with van der Waals surface area (Å²) in [6.07, 6.45) is 2.26. The molecular formula is C26H34N4O3. The van der Waals surface area contributed by atoms with Crippen LogP contribution in [0, 0.1) is 0 Å². The highest BCUT2D eigenvalue weighted by Gasteiger charge is 2.33. The smallest absolute Gasteiger partial charge is 0.410 e. The van der Waals surface area contributed by atoms with E-state index in [0.717, 1.165) is 42.8 Å². The summed E-state index contributed by atoms with van der Waals surface area (Å²) < 4.78 is 13.2. The molecule has 0 spiro atoms. The maximum absolute atomic E-state index is 12.6. The molecule has 0 saturated carbocycles. The summed E-state index contributed by atoms with van der Waals surface area (Å²) in [5.74, 6) is 0.865. The number of piperidine rings is 1. The zero-order valence-corrected chi connectivity index (χ0v) is 19.6. The van der Waals surface area contributed by atoms with Crippen molar-refractivity contribution in [3.8, 4) is 0 Å². The summed E-state index contributed by atoms with van der Waals surface area (Å²) in [5, 5.41) is 3.69. The molecule has 2 atom stereocenters. The number of carbonyl (C=O) groups excluding carboxylic acids is 1. The Labute approximate surface area is 195 Å². The van der Waals surface area contributed by atoms with Crippen LogP contribution in [0.5, 0.6) is 0 Å². The molecule has 7 heteroatoms. The van der Waals surface area contributed by atoms with Crippen molar-refractivity contribution in [2.75, 3.05) is 31.7 Å². The second kappa shape index (κ2) is 11.2. The molecule has 1 N–H and O–H groups in total. The van der Waals surface area contributed by atoms with Gasteiger partial charge in [-0.15, -0.1) is 0 Å². The van der Waals surface area contributed by atoms with Crippen molar-refractivity contribution in [3.63, 3.8) is 0 Å². The van der Waals surface area contributed by atoms with Gasteiger partial charge in [-0.2, -0.15) is 0 Å². The topological polar surface area (TPSA) is 68.6 Å². The fourth-order valence-corrected chi connectivity index (χ4v) is 4.60. The van der Waals surface area contributed by atoms with E-state index in [9.17, 15) is 4.79 Å². The number of rotatable bonds is 9. The number of nitrogens with one attached hydrogen (secondary N) is 1. The number of nitrogens with zero attached hydrogens (tertiary/aromatic N) is 3. The van der Waals surface area contributed by atoms with Crippen LogP contribution in [0.1, 0.15) is 32.3 Å². The Balaban J connectivity index is 1.53. The van der Waals surface area contributed by atoms with Crippen molar-refractivity contribution in [3.05, 3.63) is 60.2 Å². The van der Waals surface area contributed by atoms with E-state index in [2.05, 4.69) is 28.1 Å². The molecule has 1 saturated heterocycles. The molecule has 1 aliphatic heterocycles. The Morgan fingerprint density at radius 3 is 2.67 bits per heavy atom. The second-order valence-corrected chi connectivity index (χ2v) is 8.37. The minimum absolute atomic E-state index is 0.0685. The highest BCUT2D eigenvalue weighted by Crippen LogP contribution is 2.26. The fourth-order valence-electron chi connectivity index (χ4n) is 4.60. The first-order valence-corrected chi connectivity index (χ1v) is 12.0. The molecule has 2 heterocycles. The minimum atomic E-state index is -0.221. The van der Waals surface area contributed by atoms with Gasteiger partial charge in [-0.25, -0.2) is 9.78 Å². The van der Waals surface area contributed by atoms with Crippen molar-refractivity contribution in [1.82, 2.24) is 14.5 Å². The van der Waals surface area contributed by atoms with Gasteiger partial charge in [-0.1, -0.05) is 42.5 Å². The van der Waals surface area contributed by atoms with Crippen LogP contribution in [0.15, 0.2) is 54.6 Å². The van der Waals surface area contributed by atoms with Crippen molar-refractivity contribution < 1.29 is 14.3 Å². The molecule has 0 unspecified atom stereocenters. The maximum atomic E-state index is 12.6. The van der Waals surface area contributed by atoms with Crippen molar-refractivity contribution >= 4 is 23.1 Å². The number of hydrogen-bond donors (Lipinski definition) is 1. The van der Waals surface area contributed by atoms with Gasteiger partial charge in [0.25, 0.3) is 0 Å². The predicted molar refractivity (Wildman–Crippen MR) is 131 cm³/mol.